The quantitative estimate of drug-likeness (QED) is 0.904. The molecule has 0 saturated carbocycles. The van der Waals surface area contributed by atoms with E-state index in [-0.39, 0.29) is 0 Å². The fourth-order valence-corrected chi connectivity index (χ4v) is 2.15. The average Bonchev–Trinajstić information content (AvgIpc) is 2.71. The van der Waals surface area contributed by atoms with Crippen molar-refractivity contribution >= 4 is 17.3 Å². The van der Waals surface area contributed by atoms with Crippen LogP contribution in [0.25, 0.3) is 0 Å². The van der Waals surface area contributed by atoms with E-state index in [0.29, 0.717) is 19.0 Å². The summed E-state index contributed by atoms with van der Waals surface area (Å²) in [6, 6.07) is 7.65. The molecule has 0 spiro atoms. The molecule has 2 N–H and O–H groups in total. The van der Waals surface area contributed by atoms with E-state index in [1.54, 1.807) is 0 Å². The van der Waals surface area contributed by atoms with E-state index < -0.39 is 0 Å². The van der Waals surface area contributed by atoms with Gasteiger partial charge in [-0.05, 0) is 19.1 Å². The van der Waals surface area contributed by atoms with Crippen LogP contribution >= 0.6 is 0 Å². The van der Waals surface area contributed by atoms with Crippen LogP contribution in [0.5, 0.6) is 11.5 Å². The molecule has 1 aromatic heterocycles. The lowest BCUT2D eigenvalue weighted by Crippen LogP contribution is -2.01. The van der Waals surface area contributed by atoms with Gasteiger partial charge in [0.1, 0.15) is 17.5 Å². The number of aryl methyl sites for hydroxylation is 1. The molecule has 0 fully saturated rings. The van der Waals surface area contributed by atoms with E-state index in [2.05, 4.69) is 20.6 Å². The van der Waals surface area contributed by atoms with Crippen molar-refractivity contribution in [2.75, 3.05) is 30.9 Å². The van der Waals surface area contributed by atoms with Crippen LogP contribution in [0.15, 0.2) is 24.3 Å². The highest BCUT2D eigenvalue weighted by Crippen LogP contribution is 2.33. The molecule has 0 bridgehead atoms. The second-order valence-corrected chi connectivity index (χ2v) is 4.77. The Labute approximate surface area is 123 Å². The molecule has 0 unspecified atom stereocenters. The van der Waals surface area contributed by atoms with Crippen molar-refractivity contribution < 1.29 is 9.47 Å². The summed E-state index contributed by atoms with van der Waals surface area (Å²) in [5.74, 6) is 3.77. The Morgan fingerprint density at radius 1 is 1.00 bits per heavy atom. The molecule has 3 rings (SSSR count). The number of aromatic nitrogens is 2. The first-order valence-electron chi connectivity index (χ1n) is 6.95. The van der Waals surface area contributed by atoms with Crippen molar-refractivity contribution in [3.05, 3.63) is 30.1 Å². The highest BCUT2D eigenvalue weighted by molar-refractivity contribution is 5.63. The summed E-state index contributed by atoms with van der Waals surface area (Å²) in [4.78, 5) is 8.64. The SMILES string of the molecule is CNc1cc(Nc2ccc3c(c2)OCCCO3)nc(C)n1. The minimum Gasteiger partial charge on any atom is -0.490 e. The third kappa shape index (κ3) is 3.16. The Morgan fingerprint density at radius 2 is 1.76 bits per heavy atom. The molecular weight excluding hydrogens is 268 g/mol. The lowest BCUT2D eigenvalue weighted by atomic mass is 10.2. The van der Waals surface area contributed by atoms with Crippen molar-refractivity contribution in [2.24, 2.45) is 0 Å². The highest BCUT2D eigenvalue weighted by atomic mass is 16.5. The van der Waals surface area contributed by atoms with Crippen LogP contribution < -0.4 is 20.1 Å². The van der Waals surface area contributed by atoms with Crippen LogP contribution in [0, 0.1) is 6.92 Å². The molecule has 1 aliphatic rings. The van der Waals surface area contributed by atoms with Crippen LogP contribution in [0.4, 0.5) is 17.3 Å². The number of rotatable bonds is 3. The molecule has 0 aliphatic carbocycles. The molecular formula is C15H18N4O2. The topological polar surface area (TPSA) is 68.3 Å². The lowest BCUT2D eigenvalue weighted by molar-refractivity contribution is 0.297. The first-order chi connectivity index (χ1) is 10.2. The molecule has 0 radical (unpaired) electrons. The van der Waals surface area contributed by atoms with E-state index in [1.165, 1.54) is 0 Å². The Hall–Kier alpha value is -2.50. The summed E-state index contributed by atoms with van der Waals surface area (Å²) in [5.41, 5.74) is 0.902. The number of nitrogens with one attached hydrogen (secondary N) is 2. The Bertz CT molecular complexity index is 646. The van der Waals surface area contributed by atoms with Gasteiger partial charge in [-0.2, -0.15) is 0 Å². The Kier molecular flexibility index (Phi) is 3.77. The van der Waals surface area contributed by atoms with Crippen molar-refractivity contribution in [2.45, 2.75) is 13.3 Å². The van der Waals surface area contributed by atoms with E-state index in [1.807, 2.05) is 38.2 Å². The minimum atomic E-state index is 0.674. The summed E-state index contributed by atoms with van der Waals surface area (Å²) in [6.07, 6.45) is 0.897. The number of anilines is 3. The standard InChI is InChI=1S/C15H18N4O2/c1-10-17-14(16-2)9-15(18-10)19-11-4-5-12-13(8-11)21-7-3-6-20-12/h4-5,8-9H,3,6-7H2,1-2H3,(H2,16,17,18,19). The van der Waals surface area contributed by atoms with Gasteiger partial charge in [0.25, 0.3) is 0 Å². The van der Waals surface area contributed by atoms with E-state index >= 15 is 0 Å². The number of ether oxygens (including phenoxy) is 2. The van der Waals surface area contributed by atoms with Crippen molar-refractivity contribution in [1.82, 2.24) is 9.97 Å². The second-order valence-electron chi connectivity index (χ2n) is 4.77. The molecule has 110 valence electrons. The summed E-state index contributed by atoms with van der Waals surface area (Å²) < 4.78 is 11.3. The minimum absolute atomic E-state index is 0.674. The molecule has 1 aromatic carbocycles. The second kappa shape index (κ2) is 5.87. The number of hydrogen-bond acceptors (Lipinski definition) is 6. The highest BCUT2D eigenvalue weighted by Gasteiger charge is 2.11. The zero-order chi connectivity index (χ0) is 14.7. The van der Waals surface area contributed by atoms with Gasteiger partial charge >= 0.3 is 0 Å². The van der Waals surface area contributed by atoms with Gasteiger partial charge < -0.3 is 20.1 Å². The van der Waals surface area contributed by atoms with Crippen LogP contribution in [0.3, 0.4) is 0 Å². The van der Waals surface area contributed by atoms with Crippen LogP contribution in [0.1, 0.15) is 12.2 Å². The van der Waals surface area contributed by atoms with Gasteiger partial charge in [0.2, 0.25) is 0 Å². The van der Waals surface area contributed by atoms with Gasteiger partial charge in [0, 0.05) is 31.3 Å². The number of fused-ring (bicyclic) bond motifs is 1. The molecule has 0 amide bonds. The first kappa shape index (κ1) is 13.5. The third-order valence-electron chi connectivity index (χ3n) is 3.11. The maximum Gasteiger partial charge on any atom is 0.163 e. The zero-order valence-corrected chi connectivity index (χ0v) is 12.1. The average molecular weight is 286 g/mol. The maximum absolute atomic E-state index is 5.69. The molecule has 21 heavy (non-hydrogen) atoms. The van der Waals surface area contributed by atoms with Crippen molar-refractivity contribution in [3.63, 3.8) is 0 Å². The summed E-state index contributed by atoms with van der Waals surface area (Å²) >= 11 is 0. The molecule has 0 atom stereocenters. The van der Waals surface area contributed by atoms with Gasteiger partial charge in [-0.3, -0.25) is 0 Å². The van der Waals surface area contributed by atoms with Crippen molar-refractivity contribution in [3.8, 4) is 11.5 Å². The fraction of sp³-hybridized carbons (Fsp3) is 0.333. The zero-order valence-electron chi connectivity index (χ0n) is 12.1. The van der Waals surface area contributed by atoms with Gasteiger partial charge in [-0.1, -0.05) is 0 Å². The summed E-state index contributed by atoms with van der Waals surface area (Å²) in [7, 11) is 1.83. The monoisotopic (exact) mass is 286 g/mol. The molecule has 1 aliphatic heterocycles. The Balaban J connectivity index is 1.85. The fourth-order valence-electron chi connectivity index (χ4n) is 2.15. The smallest absolute Gasteiger partial charge is 0.163 e. The summed E-state index contributed by atoms with van der Waals surface area (Å²) in [5, 5.41) is 6.28. The van der Waals surface area contributed by atoms with Crippen molar-refractivity contribution in [1.29, 1.82) is 0 Å². The number of hydrogen-bond donors (Lipinski definition) is 2. The maximum atomic E-state index is 5.69. The first-order valence-corrected chi connectivity index (χ1v) is 6.95. The van der Waals surface area contributed by atoms with E-state index in [9.17, 15) is 0 Å². The van der Waals surface area contributed by atoms with Gasteiger partial charge in [-0.25, -0.2) is 9.97 Å². The van der Waals surface area contributed by atoms with Crippen LogP contribution in [0.2, 0.25) is 0 Å². The molecule has 2 aromatic rings. The van der Waals surface area contributed by atoms with Gasteiger partial charge in [-0.15, -0.1) is 0 Å². The molecule has 0 saturated heterocycles. The molecule has 2 heterocycles. The predicted molar refractivity (Wildman–Crippen MR) is 81.6 cm³/mol. The lowest BCUT2D eigenvalue weighted by Gasteiger charge is -2.11. The predicted octanol–water partition coefficient (Wildman–Crippen LogP) is 2.73. The number of benzene rings is 1. The molecule has 6 nitrogen and oxygen atoms in total. The van der Waals surface area contributed by atoms with Crippen LogP contribution in [-0.4, -0.2) is 30.2 Å². The molecule has 6 heteroatoms. The Morgan fingerprint density at radius 3 is 2.57 bits per heavy atom. The van der Waals surface area contributed by atoms with Gasteiger partial charge in [0.05, 0.1) is 13.2 Å². The normalized spacial score (nSPS) is 13.4. The van der Waals surface area contributed by atoms with E-state index in [4.69, 9.17) is 9.47 Å². The third-order valence-corrected chi connectivity index (χ3v) is 3.11. The van der Waals surface area contributed by atoms with E-state index in [0.717, 1.165) is 35.2 Å². The summed E-state index contributed by atoms with van der Waals surface area (Å²) in [6.45, 7) is 3.23. The largest absolute Gasteiger partial charge is 0.490 e. The number of nitrogens with zero attached hydrogens (tertiary/aromatic N) is 2. The van der Waals surface area contributed by atoms with Gasteiger partial charge in [0.15, 0.2) is 11.5 Å². The van der Waals surface area contributed by atoms with Crippen LogP contribution in [-0.2, 0) is 0 Å².